The first-order chi connectivity index (χ1) is 16.7. The Morgan fingerprint density at radius 1 is 1.06 bits per heavy atom. The van der Waals surface area contributed by atoms with Crippen molar-refractivity contribution in [1.29, 1.82) is 0 Å². The fourth-order valence-corrected chi connectivity index (χ4v) is 9.37. The minimum atomic E-state index is -0.525. The molecule has 0 heterocycles. The lowest BCUT2D eigenvalue weighted by Crippen LogP contribution is -2.67. The first kappa shape index (κ1) is 23.1. The van der Waals surface area contributed by atoms with Crippen molar-refractivity contribution in [3.63, 3.8) is 0 Å². The molecule has 186 valence electrons. The van der Waals surface area contributed by atoms with E-state index in [2.05, 4.69) is 43.2 Å². The molecule has 3 unspecified atom stereocenters. The summed E-state index contributed by atoms with van der Waals surface area (Å²) >= 11 is 0. The Morgan fingerprint density at radius 2 is 1.83 bits per heavy atom. The number of hydrogen-bond donors (Lipinski definition) is 4. The zero-order valence-corrected chi connectivity index (χ0v) is 20.9. The fourth-order valence-electron chi connectivity index (χ4n) is 9.37. The van der Waals surface area contributed by atoms with E-state index in [0.717, 1.165) is 60.6 Å². The van der Waals surface area contributed by atoms with Crippen LogP contribution in [0.1, 0.15) is 58.8 Å². The average Bonchev–Trinajstić information content (AvgIpc) is 2.99. The number of benzene rings is 2. The lowest BCUT2D eigenvalue weighted by molar-refractivity contribution is -0.195. The van der Waals surface area contributed by atoms with E-state index in [9.17, 15) is 15.0 Å². The molecule has 6 rings (SSSR count). The van der Waals surface area contributed by atoms with Crippen molar-refractivity contribution in [2.24, 2.45) is 28.6 Å². The van der Waals surface area contributed by atoms with Gasteiger partial charge in [-0.05, 0) is 85.6 Å². The topological polar surface area (TPSA) is 81.6 Å². The van der Waals surface area contributed by atoms with Gasteiger partial charge in [-0.3, -0.25) is 0 Å². The Labute approximate surface area is 208 Å². The molecule has 2 amide bonds. The van der Waals surface area contributed by atoms with Crippen LogP contribution in [-0.2, 0) is 0 Å². The molecule has 5 nitrogen and oxygen atoms in total. The van der Waals surface area contributed by atoms with Crippen LogP contribution in [0.4, 0.5) is 10.5 Å². The summed E-state index contributed by atoms with van der Waals surface area (Å²) in [6.07, 6.45) is 5.47. The highest BCUT2D eigenvalue weighted by Crippen LogP contribution is 2.70. The molecule has 4 saturated carbocycles. The summed E-state index contributed by atoms with van der Waals surface area (Å²) in [5, 5.41) is 31.4. The minimum absolute atomic E-state index is 0.0294. The second-order valence-electron chi connectivity index (χ2n) is 12.4. The summed E-state index contributed by atoms with van der Waals surface area (Å²) in [4.78, 5) is 13.4. The number of rotatable bonds is 2. The van der Waals surface area contributed by atoms with Crippen molar-refractivity contribution < 1.29 is 15.0 Å². The van der Waals surface area contributed by atoms with Crippen LogP contribution in [0.5, 0.6) is 0 Å². The van der Waals surface area contributed by atoms with Crippen LogP contribution in [0, 0.1) is 28.6 Å². The van der Waals surface area contributed by atoms with Crippen LogP contribution < -0.4 is 10.6 Å². The van der Waals surface area contributed by atoms with Crippen LogP contribution in [-0.4, -0.2) is 34.0 Å². The first-order valence-corrected chi connectivity index (χ1v) is 13.3. The second kappa shape index (κ2) is 7.81. The number of carbonyl (C=O) groups excluding carboxylic acids is 1. The molecule has 1 spiro atoms. The van der Waals surface area contributed by atoms with Gasteiger partial charge in [0.1, 0.15) is 0 Å². The Balaban J connectivity index is 1.28. The second-order valence-corrected chi connectivity index (χ2v) is 12.4. The van der Waals surface area contributed by atoms with E-state index in [0.29, 0.717) is 6.42 Å². The monoisotopic (exact) mass is 474 g/mol. The Hall–Kier alpha value is -2.37. The van der Waals surface area contributed by atoms with Gasteiger partial charge in [0.05, 0.1) is 17.9 Å². The number of carbonyl (C=O) groups is 1. The summed E-state index contributed by atoms with van der Waals surface area (Å²) < 4.78 is 0. The highest BCUT2D eigenvalue weighted by molar-refractivity contribution is 6.01. The maximum absolute atomic E-state index is 13.4. The average molecular weight is 475 g/mol. The van der Waals surface area contributed by atoms with Crippen LogP contribution in [0.25, 0.3) is 10.8 Å². The molecule has 2 aromatic rings. The van der Waals surface area contributed by atoms with Gasteiger partial charge in [-0.1, -0.05) is 56.3 Å². The zero-order valence-electron chi connectivity index (χ0n) is 20.9. The fraction of sp³-hybridized carbons (Fsp3) is 0.567. The number of nitrogens with one attached hydrogen (secondary N) is 2. The first-order valence-electron chi connectivity index (χ1n) is 13.3. The number of aliphatic hydroxyl groups excluding tert-OH is 2. The predicted molar refractivity (Wildman–Crippen MR) is 139 cm³/mol. The third-order valence-corrected chi connectivity index (χ3v) is 10.6. The summed E-state index contributed by atoms with van der Waals surface area (Å²) in [6, 6.07) is 13.9. The summed E-state index contributed by atoms with van der Waals surface area (Å²) in [6.45, 7) is 8.74. The number of urea groups is 1. The van der Waals surface area contributed by atoms with Crippen molar-refractivity contribution in [3.05, 3.63) is 54.6 Å². The number of anilines is 1. The molecule has 4 fully saturated rings. The number of amides is 2. The molecule has 4 N–H and O–H groups in total. The van der Waals surface area contributed by atoms with Crippen LogP contribution in [0.15, 0.2) is 54.6 Å². The molecule has 2 aromatic carbocycles. The normalized spacial score (nSPS) is 42.3. The standard InChI is InChI=1S/C30H38N2O3/c1-18-20-16-23(33)25-28(2)13-7-14-29(3,24(28)12-15-30(25,17-20)26(18)34)32-27(35)31-22-11-6-9-19-8-4-5-10-21(19)22/h4-6,8-11,20,23-26,33-34H,1,7,12-17H2,2-3H3,(H2,31,32,35)/t20-,23+,24?,25?,26?,28-,29-,30-/m1/s1. The Kier molecular flexibility index (Phi) is 5.15. The zero-order chi connectivity index (χ0) is 24.6. The van der Waals surface area contributed by atoms with E-state index < -0.39 is 12.2 Å². The summed E-state index contributed by atoms with van der Waals surface area (Å²) in [7, 11) is 0. The van der Waals surface area contributed by atoms with Crippen molar-refractivity contribution >= 4 is 22.5 Å². The van der Waals surface area contributed by atoms with Gasteiger partial charge in [-0.15, -0.1) is 0 Å². The van der Waals surface area contributed by atoms with E-state index in [1.54, 1.807) is 0 Å². The van der Waals surface area contributed by atoms with E-state index >= 15 is 0 Å². The van der Waals surface area contributed by atoms with Gasteiger partial charge in [0.2, 0.25) is 0 Å². The molecule has 0 radical (unpaired) electrons. The quantitative estimate of drug-likeness (QED) is 0.426. The summed E-state index contributed by atoms with van der Waals surface area (Å²) in [5.74, 6) is 0.502. The van der Waals surface area contributed by atoms with Gasteiger partial charge in [0, 0.05) is 16.3 Å². The molecule has 4 aliphatic carbocycles. The number of aliphatic hydroxyl groups is 2. The third kappa shape index (κ3) is 3.24. The maximum Gasteiger partial charge on any atom is 0.319 e. The Bertz CT molecular complexity index is 1190. The van der Waals surface area contributed by atoms with Gasteiger partial charge in [0.15, 0.2) is 0 Å². The van der Waals surface area contributed by atoms with Crippen molar-refractivity contribution in [1.82, 2.24) is 5.32 Å². The van der Waals surface area contributed by atoms with E-state index in [1.807, 2.05) is 30.3 Å². The highest BCUT2D eigenvalue weighted by atomic mass is 16.3. The SMILES string of the molecule is C=C1C(O)[C@@]23CCC4[C@@](C)(CCC[C@@]4(C)NC(=O)Nc4cccc5ccccc45)C2[C@@H](O)C[C@@H]1C3. The van der Waals surface area contributed by atoms with E-state index in [4.69, 9.17) is 0 Å². The van der Waals surface area contributed by atoms with Gasteiger partial charge >= 0.3 is 6.03 Å². The van der Waals surface area contributed by atoms with Crippen LogP contribution in [0.3, 0.4) is 0 Å². The van der Waals surface area contributed by atoms with E-state index in [-0.39, 0.29) is 40.2 Å². The molecule has 0 aromatic heterocycles. The molecule has 5 heteroatoms. The third-order valence-electron chi connectivity index (χ3n) is 10.6. The van der Waals surface area contributed by atoms with Gasteiger partial charge in [-0.2, -0.15) is 0 Å². The van der Waals surface area contributed by atoms with Gasteiger partial charge in [-0.25, -0.2) is 4.79 Å². The van der Waals surface area contributed by atoms with Gasteiger partial charge in [0.25, 0.3) is 0 Å². The maximum atomic E-state index is 13.4. The van der Waals surface area contributed by atoms with Crippen molar-refractivity contribution in [2.75, 3.05) is 5.32 Å². The van der Waals surface area contributed by atoms with Crippen molar-refractivity contribution in [2.45, 2.75) is 76.5 Å². The molecule has 2 bridgehead atoms. The molecule has 0 saturated heterocycles. The molecule has 4 aliphatic rings. The Morgan fingerprint density at radius 3 is 2.66 bits per heavy atom. The lowest BCUT2D eigenvalue weighted by atomic mass is 9.41. The van der Waals surface area contributed by atoms with Crippen LogP contribution in [0.2, 0.25) is 0 Å². The molecule has 8 atom stereocenters. The molecular weight excluding hydrogens is 436 g/mol. The molecule has 35 heavy (non-hydrogen) atoms. The summed E-state index contributed by atoms with van der Waals surface area (Å²) in [5.41, 5.74) is 0.953. The number of hydrogen-bond acceptors (Lipinski definition) is 3. The minimum Gasteiger partial charge on any atom is -0.393 e. The smallest absolute Gasteiger partial charge is 0.319 e. The largest absolute Gasteiger partial charge is 0.393 e. The number of fused-ring (bicyclic) bond motifs is 4. The molecule has 0 aliphatic heterocycles. The van der Waals surface area contributed by atoms with Gasteiger partial charge < -0.3 is 20.8 Å². The predicted octanol–water partition coefficient (Wildman–Crippen LogP) is 5.62. The van der Waals surface area contributed by atoms with Crippen molar-refractivity contribution in [3.8, 4) is 0 Å². The highest BCUT2D eigenvalue weighted by Gasteiger charge is 2.69. The van der Waals surface area contributed by atoms with E-state index in [1.165, 1.54) is 0 Å². The molecular formula is C30H38N2O3. The lowest BCUT2D eigenvalue weighted by Gasteiger charge is -2.65. The van der Waals surface area contributed by atoms with Crippen LogP contribution >= 0.6 is 0 Å².